The average Bonchev–Trinajstić information content (AvgIpc) is 2.33. The number of hydrogen-bond donors (Lipinski definition) is 1. The summed E-state index contributed by atoms with van der Waals surface area (Å²) in [4.78, 5) is 0. The maximum Gasteiger partial charge on any atom is -0.00180 e. The molecule has 1 heteroatoms. The van der Waals surface area contributed by atoms with E-state index in [1.165, 1.54) is 44.3 Å². The van der Waals surface area contributed by atoms with Crippen LogP contribution in [0.2, 0.25) is 0 Å². The fourth-order valence-electron chi connectivity index (χ4n) is 2.65. The van der Waals surface area contributed by atoms with Crippen LogP contribution in [0.1, 0.15) is 31.7 Å². The molecule has 0 spiro atoms. The molecule has 0 radical (unpaired) electrons. The zero-order chi connectivity index (χ0) is 11.2. The van der Waals surface area contributed by atoms with Crippen molar-refractivity contribution in [3.8, 4) is 0 Å². The molecule has 2 atom stereocenters. The molecule has 1 saturated heterocycles. The lowest BCUT2D eigenvalue weighted by molar-refractivity contribution is 0.255. The number of rotatable bonds is 4. The molecular weight excluding hydrogens is 194 g/mol. The van der Waals surface area contributed by atoms with Crippen LogP contribution in [0.5, 0.6) is 0 Å². The highest BCUT2D eigenvalue weighted by Gasteiger charge is 2.19. The van der Waals surface area contributed by atoms with E-state index in [1.54, 1.807) is 0 Å². The van der Waals surface area contributed by atoms with Crippen LogP contribution >= 0.6 is 0 Å². The van der Waals surface area contributed by atoms with Crippen molar-refractivity contribution in [3.05, 3.63) is 35.9 Å². The largest absolute Gasteiger partial charge is 0.316 e. The molecule has 2 rings (SSSR count). The van der Waals surface area contributed by atoms with Gasteiger partial charge >= 0.3 is 0 Å². The summed E-state index contributed by atoms with van der Waals surface area (Å²) in [5.41, 5.74) is 1.49. The number of benzene rings is 1. The summed E-state index contributed by atoms with van der Waals surface area (Å²) in [5, 5.41) is 3.51. The van der Waals surface area contributed by atoms with Crippen molar-refractivity contribution >= 4 is 0 Å². The number of aryl methyl sites for hydroxylation is 1. The second kappa shape index (κ2) is 6.05. The Bertz CT molecular complexity index is 294. The molecule has 0 saturated carbocycles. The Morgan fingerprint density at radius 3 is 2.81 bits per heavy atom. The Morgan fingerprint density at radius 1 is 1.25 bits per heavy atom. The van der Waals surface area contributed by atoms with E-state index >= 15 is 0 Å². The maximum atomic E-state index is 3.51. The number of piperidine rings is 1. The van der Waals surface area contributed by atoms with E-state index in [9.17, 15) is 0 Å². The van der Waals surface area contributed by atoms with Crippen molar-refractivity contribution in [2.45, 2.75) is 32.6 Å². The van der Waals surface area contributed by atoms with Crippen LogP contribution in [0.25, 0.3) is 0 Å². The van der Waals surface area contributed by atoms with E-state index in [1.807, 2.05) is 0 Å². The molecule has 2 unspecified atom stereocenters. The molecule has 1 aliphatic rings. The minimum absolute atomic E-state index is 0.900. The van der Waals surface area contributed by atoms with Crippen LogP contribution in [0.15, 0.2) is 30.3 Å². The van der Waals surface area contributed by atoms with Gasteiger partial charge < -0.3 is 5.32 Å². The van der Waals surface area contributed by atoms with Gasteiger partial charge in [0, 0.05) is 0 Å². The molecule has 1 aromatic carbocycles. The van der Waals surface area contributed by atoms with Crippen LogP contribution in [0.4, 0.5) is 0 Å². The van der Waals surface area contributed by atoms with Crippen molar-refractivity contribution in [3.63, 3.8) is 0 Å². The summed E-state index contributed by atoms with van der Waals surface area (Å²) >= 11 is 0. The fourth-order valence-corrected chi connectivity index (χ4v) is 2.65. The molecule has 0 aliphatic carbocycles. The Kier molecular flexibility index (Phi) is 4.41. The van der Waals surface area contributed by atoms with Gasteiger partial charge in [0.2, 0.25) is 0 Å². The minimum Gasteiger partial charge on any atom is -0.316 e. The van der Waals surface area contributed by atoms with Gasteiger partial charge in [0.1, 0.15) is 0 Å². The van der Waals surface area contributed by atoms with Crippen molar-refractivity contribution in [2.24, 2.45) is 11.8 Å². The maximum absolute atomic E-state index is 3.51. The Balaban J connectivity index is 1.71. The number of nitrogens with one attached hydrogen (secondary N) is 1. The van der Waals surface area contributed by atoms with Gasteiger partial charge in [-0.3, -0.25) is 0 Å². The Morgan fingerprint density at radius 2 is 2.06 bits per heavy atom. The highest BCUT2D eigenvalue weighted by molar-refractivity contribution is 5.14. The van der Waals surface area contributed by atoms with Gasteiger partial charge in [-0.1, -0.05) is 37.3 Å². The van der Waals surface area contributed by atoms with Gasteiger partial charge in [0.05, 0.1) is 0 Å². The fraction of sp³-hybridized carbons (Fsp3) is 0.600. The van der Waals surface area contributed by atoms with Crippen molar-refractivity contribution in [1.29, 1.82) is 0 Å². The molecule has 0 amide bonds. The molecule has 1 N–H and O–H groups in total. The normalized spacial score (nSPS) is 25.6. The monoisotopic (exact) mass is 217 g/mol. The standard InChI is InChI=1S/C15H23N/c1-13-10-11-16-12-15(13)9-5-8-14-6-3-2-4-7-14/h2-4,6-7,13,15-16H,5,8-12H2,1H3. The first-order chi connectivity index (χ1) is 7.86. The second-order valence-electron chi connectivity index (χ2n) is 5.11. The van der Waals surface area contributed by atoms with Crippen LogP contribution in [0.3, 0.4) is 0 Å². The molecule has 16 heavy (non-hydrogen) atoms. The van der Waals surface area contributed by atoms with E-state index in [4.69, 9.17) is 0 Å². The van der Waals surface area contributed by atoms with Crippen LogP contribution < -0.4 is 5.32 Å². The molecule has 1 heterocycles. The van der Waals surface area contributed by atoms with E-state index < -0.39 is 0 Å². The topological polar surface area (TPSA) is 12.0 Å². The van der Waals surface area contributed by atoms with Crippen molar-refractivity contribution in [2.75, 3.05) is 13.1 Å². The first-order valence-corrected chi connectivity index (χ1v) is 6.61. The first kappa shape index (κ1) is 11.7. The smallest absolute Gasteiger partial charge is 0.00180 e. The van der Waals surface area contributed by atoms with Crippen molar-refractivity contribution < 1.29 is 0 Å². The van der Waals surface area contributed by atoms with Gasteiger partial charge in [-0.2, -0.15) is 0 Å². The van der Waals surface area contributed by atoms with Crippen LogP contribution in [0, 0.1) is 11.8 Å². The predicted octanol–water partition coefficient (Wildman–Crippen LogP) is 3.25. The third-order valence-electron chi connectivity index (χ3n) is 3.87. The van der Waals surface area contributed by atoms with Crippen molar-refractivity contribution in [1.82, 2.24) is 5.32 Å². The lowest BCUT2D eigenvalue weighted by atomic mass is 9.84. The zero-order valence-electron chi connectivity index (χ0n) is 10.3. The van der Waals surface area contributed by atoms with E-state index in [-0.39, 0.29) is 0 Å². The molecule has 1 aromatic rings. The van der Waals surface area contributed by atoms with Gasteiger partial charge in [-0.25, -0.2) is 0 Å². The average molecular weight is 217 g/mol. The molecule has 0 aromatic heterocycles. The molecule has 0 bridgehead atoms. The van der Waals surface area contributed by atoms with Gasteiger partial charge in [-0.15, -0.1) is 0 Å². The molecule has 1 aliphatic heterocycles. The SMILES string of the molecule is CC1CCNCC1CCCc1ccccc1. The predicted molar refractivity (Wildman–Crippen MR) is 69.5 cm³/mol. The zero-order valence-corrected chi connectivity index (χ0v) is 10.3. The van der Waals surface area contributed by atoms with Gasteiger partial charge in [0.15, 0.2) is 0 Å². The highest BCUT2D eigenvalue weighted by Crippen LogP contribution is 2.23. The van der Waals surface area contributed by atoms with E-state index in [0.717, 1.165) is 11.8 Å². The quantitative estimate of drug-likeness (QED) is 0.816. The van der Waals surface area contributed by atoms with E-state index in [0.29, 0.717) is 0 Å². The summed E-state index contributed by atoms with van der Waals surface area (Å²) in [6.07, 6.45) is 5.31. The molecule has 1 nitrogen and oxygen atoms in total. The summed E-state index contributed by atoms with van der Waals surface area (Å²) in [5.74, 6) is 1.81. The molecular formula is C15H23N. The van der Waals surface area contributed by atoms with E-state index in [2.05, 4.69) is 42.6 Å². The first-order valence-electron chi connectivity index (χ1n) is 6.61. The summed E-state index contributed by atoms with van der Waals surface area (Å²) in [6, 6.07) is 10.8. The third kappa shape index (κ3) is 3.34. The van der Waals surface area contributed by atoms with Crippen LogP contribution in [-0.2, 0) is 6.42 Å². The summed E-state index contributed by atoms with van der Waals surface area (Å²) < 4.78 is 0. The Labute approximate surface area is 99.3 Å². The molecule has 1 fully saturated rings. The second-order valence-corrected chi connectivity index (χ2v) is 5.11. The lowest BCUT2D eigenvalue weighted by Crippen LogP contribution is -2.35. The lowest BCUT2D eigenvalue weighted by Gasteiger charge is -2.29. The minimum atomic E-state index is 0.900. The highest BCUT2D eigenvalue weighted by atomic mass is 14.9. The van der Waals surface area contributed by atoms with Gasteiger partial charge in [0.25, 0.3) is 0 Å². The summed E-state index contributed by atoms with van der Waals surface area (Å²) in [7, 11) is 0. The summed E-state index contributed by atoms with van der Waals surface area (Å²) in [6.45, 7) is 4.86. The number of hydrogen-bond acceptors (Lipinski definition) is 1. The Hall–Kier alpha value is -0.820. The third-order valence-corrected chi connectivity index (χ3v) is 3.87. The molecule has 88 valence electrons. The van der Waals surface area contributed by atoms with Crippen LogP contribution in [-0.4, -0.2) is 13.1 Å². The van der Waals surface area contributed by atoms with Gasteiger partial charge in [-0.05, 0) is 56.2 Å².